The molecule has 1 heterocycles. The number of sulfonamides is 1. The first kappa shape index (κ1) is 13.0. The van der Waals surface area contributed by atoms with Crippen LogP contribution >= 0.6 is 0 Å². The van der Waals surface area contributed by atoms with E-state index < -0.39 is 27.3 Å². The smallest absolute Gasteiger partial charge is 0.243 e. The molecule has 1 saturated carbocycles. The molecule has 1 saturated heterocycles. The van der Waals surface area contributed by atoms with E-state index in [9.17, 15) is 22.3 Å². The molecule has 1 N–H and O–H groups in total. The lowest BCUT2D eigenvalue weighted by atomic mass is 9.91. The number of hydrogen-bond acceptors (Lipinski definition) is 3. The zero-order valence-electron chi connectivity index (χ0n) is 10.0. The molecule has 2 fully saturated rings. The van der Waals surface area contributed by atoms with Crippen LogP contribution in [0.25, 0.3) is 0 Å². The fourth-order valence-electron chi connectivity index (χ4n) is 2.40. The second-order valence-corrected chi connectivity index (χ2v) is 7.16. The Labute approximate surface area is 109 Å². The van der Waals surface area contributed by atoms with Crippen LogP contribution in [0.4, 0.5) is 8.78 Å². The molecule has 1 aliphatic heterocycles. The van der Waals surface area contributed by atoms with Crippen LogP contribution in [0.2, 0.25) is 0 Å². The molecule has 4 nitrogen and oxygen atoms in total. The molecule has 19 heavy (non-hydrogen) atoms. The summed E-state index contributed by atoms with van der Waals surface area (Å²) in [5.41, 5.74) is -0.939. The van der Waals surface area contributed by atoms with Crippen molar-refractivity contribution in [3.63, 3.8) is 0 Å². The van der Waals surface area contributed by atoms with E-state index in [0.717, 1.165) is 29.3 Å². The largest absolute Gasteiger partial charge is 0.387 e. The lowest BCUT2D eigenvalue weighted by Crippen LogP contribution is -2.64. The van der Waals surface area contributed by atoms with Crippen molar-refractivity contribution in [3.05, 3.63) is 29.8 Å². The van der Waals surface area contributed by atoms with Gasteiger partial charge in [0.25, 0.3) is 0 Å². The predicted molar refractivity (Wildman–Crippen MR) is 62.8 cm³/mol. The van der Waals surface area contributed by atoms with E-state index in [1.165, 1.54) is 0 Å². The Morgan fingerprint density at radius 3 is 2.37 bits per heavy atom. The first-order valence-corrected chi connectivity index (χ1v) is 7.44. The van der Waals surface area contributed by atoms with Gasteiger partial charge in [0.1, 0.15) is 0 Å². The Balaban J connectivity index is 1.82. The van der Waals surface area contributed by atoms with Gasteiger partial charge in [-0.05, 0) is 37.0 Å². The normalized spacial score (nSPS) is 23.1. The minimum absolute atomic E-state index is 0.0268. The first-order valence-electron chi connectivity index (χ1n) is 6.00. The molecule has 1 aromatic rings. The molecule has 0 amide bonds. The van der Waals surface area contributed by atoms with E-state index in [1.54, 1.807) is 0 Å². The van der Waals surface area contributed by atoms with Crippen LogP contribution in [0.3, 0.4) is 0 Å². The van der Waals surface area contributed by atoms with E-state index in [1.807, 2.05) is 0 Å². The van der Waals surface area contributed by atoms with E-state index in [-0.39, 0.29) is 23.9 Å². The van der Waals surface area contributed by atoms with Crippen LogP contribution in [-0.2, 0) is 10.0 Å². The number of aliphatic hydroxyl groups is 1. The fourth-order valence-corrected chi connectivity index (χ4v) is 3.98. The van der Waals surface area contributed by atoms with Crippen LogP contribution in [0.1, 0.15) is 12.8 Å². The summed E-state index contributed by atoms with van der Waals surface area (Å²) in [7, 11) is -3.85. The van der Waals surface area contributed by atoms with Crippen molar-refractivity contribution in [1.82, 2.24) is 4.31 Å². The second-order valence-electron chi connectivity index (χ2n) is 5.23. The standard InChI is InChI=1S/C12H13F2NO3S/c13-10-4-3-9(5-11(10)14)19(17,18)15-6-12(16,7-15)8-1-2-8/h3-5,8,16H,1-2,6-7H2. The fraction of sp³-hybridized carbons (Fsp3) is 0.500. The second kappa shape index (κ2) is 3.97. The highest BCUT2D eigenvalue weighted by Crippen LogP contribution is 2.45. The summed E-state index contributed by atoms with van der Waals surface area (Å²) >= 11 is 0. The van der Waals surface area contributed by atoms with E-state index >= 15 is 0 Å². The van der Waals surface area contributed by atoms with Gasteiger partial charge in [0.2, 0.25) is 10.0 Å². The van der Waals surface area contributed by atoms with Gasteiger partial charge >= 0.3 is 0 Å². The highest BCUT2D eigenvalue weighted by molar-refractivity contribution is 7.89. The first-order chi connectivity index (χ1) is 8.83. The van der Waals surface area contributed by atoms with E-state index in [0.29, 0.717) is 6.07 Å². The van der Waals surface area contributed by atoms with Crippen molar-refractivity contribution in [2.75, 3.05) is 13.1 Å². The molecular formula is C12H13F2NO3S. The van der Waals surface area contributed by atoms with Crippen LogP contribution in [-0.4, -0.2) is 36.5 Å². The summed E-state index contributed by atoms with van der Waals surface area (Å²) in [5.74, 6) is -2.11. The molecule has 0 unspecified atom stereocenters. The zero-order chi connectivity index (χ0) is 13.8. The van der Waals surface area contributed by atoms with Crippen molar-refractivity contribution in [3.8, 4) is 0 Å². The Kier molecular flexibility index (Phi) is 2.71. The Hall–Kier alpha value is -1.05. The van der Waals surface area contributed by atoms with Crippen molar-refractivity contribution in [2.45, 2.75) is 23.3 Å². The maximum atomic E-state index is 13.1. The lowest BCUT2D eigenvalue weighted by molar-refractivity contribution is -0.0764. The number of β-amino-alcohol motifs (C(OH)–C–C–N with tert-alkyl or cyclic N) is 1. The van der Waals surface area contributed by atoms with Gasteiger partial charge in [0, 0.05) is 13.1 Å². The van der Waals surface area contributed by atoms with Gasteiger partial charge in [-0.2, -0.15) is 4.31 Å². The van der Waals surface area contributed by atoms with Crippen molar-refractivity contribution in [1.29, 1.82) is 0 Å². The molecule has 2 aliphatic rings. The van der Waals surface area contributed by atoms with Crippen LogP contribution < -0.4 is 0 Å². The van der Waals surface area contributed by atoms with Crippen LogP contribution in [0.15, 0.2) is 23.1 Å². The molecule has 0 bridgehead atoms. The number of nitrogens with zero attached hydrogens (tertiary/aromatic N) is 1. The summed E-state index contributed by atoms with van der Waals surface area (Å²) in [6, 6.07) is 2.48. The predicted octanol–water partition coefficient (Wildman–Crippen LogP) is 1.11. The van der Waals surface area contributed by atoms with Gasteiger partial charge in [-0.3, -0.25) is 0 Å². The molecule has 1 aromatic carbocycles. The molecule has 0 atom stereocenters. The molecule has 0 aromatic heterocycles. The van der Waals surface area contributed by atoms with Gasteiger partial charge in [0.15, 0.2) is 11.6 Å². The molecule has 7 heteroatoms. The minimum atomic E-state index is -3.85. The van der Waals surface area contributed by atoms with Gasteiger partial charge in [-0.1, -0.05) is 0 Å². The SMILES string of the molecule is O=S(=O)(c1ccc(F)c(F)c1)N1CC(O)(C2CC2)C1. The average Bonchev–Trinajstić information content (AvgIpc) is 3.12. The van der Waals surface area contributed by atoms with E-state index in [4.69, 9.17) is 0 Å². The monoisotopic (exact) mass is 289 g/mol. The quantitative estimate of drug-likeness (QED) is 0.907. The summed E-state index contributed by atoms with van der Waals surface area (Å²) in [5, 5.41) is 10.1. The summed E-state index contributed by atoms with van der Waals surface area (Å²) in [6.45, 7) is 0.0536. The van der Waals surface area contributed by atoms with Gasteiger partial charge in [0.05, 0.1) is 10.5 Å². The van der Waals surface area contributed by atoms with Gasteiger partial charge in [-0.25, -0.2) is 17.2 Å². The van der Waals surface area contributed by atoms with Crippen molar-refractivity contribution in [2.24, 2.45) is 5.92 Å². The highest BCUT2D eigenvalue weighted by atomic mass is 32.2. The Bertz CT molecular complexity index is 622. The number of halogens is 2. The summed E-state index contributed by atoms with van der Waals surface area (Å²) in [4.78, 5) is -0.288. The van der Waals surface area contributed by atoms with Gasteiger partial charge in [-0.15, -0.1) is 0 Å². The lowest BCUT2D eigenvalue weighted by Gasteiger charge is -2.45. The molecule has 1 aliphatic carbocycles. The van der Waals surface area contributed by atoms with Crippen LogP contribution in [0.5, 0.6) is 0 Å². The number of rotatable bonds is 3. The van der Waals surface area contributed by atoms with Gasteiger partial charge < -0.3 is 5.11 Å². The number of benzene rings is 1. The average molecular weight is 289 g/mol. The molecular weight excluding hydrogens is 276 g/mol. The van der Waals surface area contributed by atoms with Crippen molar-refractivity contribution < 1.29 is 22.3 Å². The van der Waals surface area contributed by atoms with E-state index in [2.05, 4.69) is 0 Å². The third-order valence-corrected chi connectivity index (χ3v) is 5.55. The Morgan fingerprint density at radius 2 is 1.84 bits per heavy atom. The van der Waals surface area contributed by atoms with Crippen molar-refractivity contribution >= 4 is 10.0 Å². The third kappa shape index (κ3) is 2.05. The zero-order valence-corrected chi connectivity index (χ0v) is 10.8. The maximum absolute atomic E-state index is 13.1. The highest BCUT2D eigenvalue weighted by Gasteiger charge is 2.55. The number of hydrogen-bond donors (Lipinski definition) is 1. The molecule has 3 rings (SSSR count). The molecule has 0 spiro atoms. The summed E-state index contributed by atoms with van der Waals surface area (Å²) in [6.07, 6.45) is 1.82. The third-order valence-electron chi connectivity index (χ3n) is 3.77. The summed E-state index contributed by atoms with van der Waals surface area (Å²) < 4.78 is 51.2. The minimum Gasteiger partial charge on any atom is -0.387 e. The van der Waals surface area contributed by atoms with Crippen LogP contribution in [0, 0.1) is 17.6 Å². The molecule has 0 radical (unpaired) electrons. The maximum Gasteiger partial charge on any atom is 0.243 e. The molecule has 104 valence electrons. The Morgan fingerprint density at radius 1 is 1.21 bits per heavy atom. The topological polar surface area (TPSA) is 57.6 Å².